The molecule has 1 saturated heterocycles. The maximum Gasteiger partial charge on any atom is 0.343 e. The average Bonchev–Trinajstić information content (AvgIpc) is 2.89. The summed E-state index contributed by atoms with van der Waals surface area (Å²) in [6.07, 6.45) is 0.551. The number of benzene rings is 1. The van der Waals surface area contributed by atoms with Crippen LogP contribution in [0, 0.1) is 5.82 Å². The standard InChI is InChI=1S/C13H12FNO3/c14-9-3-1-8(2-4-9)10-11(16)13(18-12(10)17)5-6-15-7-13/h1-4,15-16H,5-7H2. The largest absolute Gasteiger partial charge is 0.507 e. The number of carbonyl (C=O) groups is 1. The molecule has 0 amide bonds. The first kappa shape index (κ1) is 11.2. The van der Waals surface area contributed by atoms with E-state index >= 15 is 0 Å². The fourth-order valence-electron chi connectivity index (χ4n) is 2.43. The van der Waals surface area contributed by atoms with Gasteiger partial charge in [-0.3, -0.25) is 0 Å². The highest BCUT2D eigenvalue weighted by molar-refractivity contribution is 6.19. The smallest absolute Gasteiger partial charge is 0.343 e. The zero-order chi connectivity index (χ0) is 12.8. The number of halogens is 1. The molecule has 2 aliphatic rings. The van der Waals surface area contributed by atoms with Crippen LogP contribution in [0.3, 0.4) is 0 Å². The van der Waals surface area contributed by atoms with E-state index in [0.29, 0.717) is 25.1 Å². The number of rotatable bonds is 1. The van der Waals surface area contributed by atoms with E-state index in [1.165, 1.54) is 24.3 Å². The van der Waals surface area contributed by atoms with Crippen LogP contribution in [0.1, 0.15) is 12.0 Å². The highest BCUT2D eigenvalue weighted by atomic mass is 19.1. The molecular formula is C13H12FNO3. The first-order valence-electron chi connectivity index (χ1n) is 5.76. The van der Waals surface area contributed by atoms with Gasteiger partial charge in [-0.25, -0.2) is 9.18 Å². The molecule has 1 spiro atoms. The van der Waals surface area contributed by atoms with Gasteiger partial charge in [-0.1, -0.05) is 12.1 Å². The number of nitrogens with one attached hydrogen (secondary N) is 1. The highest BCUT2D eigenvalue weighted by Gasteiger charge is 2.50. The highest BCUT2D eigenvalue weighted by Crippen LogP contribution is 2.39. The van der Waals surface area contributed by atoms with Gasteiger partial charge in [-0.2, -0.15) is 0 Å². The van der Waals surface area contributed by atoms with Crippen LogP contribution in [0.5, 0.6) is 0 Å². The molecule has 4 nitrogen and oxygen atoms in total. The predicted octanol–water partition coefficient (Wildman–Crippen LogP) is 1.38. The van der Waals surface area contributed by atoms with Gasteiger partial charge in [0.1, 0.15) is 11.4 Å². The molecule has 94 valence electrons. The molecule has 1 atom stereocenters. The first-order valence-corrected chi connectivity index (χ1v) is 5.76. The maximum absolute atomic E-state index is 12.9. The quantitative estimate of drug-likeness (QED) is 0.738. The summed E-state index contributed by atoms with van der Waals surface area (Å²) in [7, 11) is 0. The van der Waals surface area contributed by atoms with Crippen LogP contribution < -0.4 is 5.32 Å². The van der Waals surface area contributed by atoms with Gasteiger partial charge in [0.25, 0.3) is 0 Å². The van der Waals surface area contributed by atoms with Gasteiger partial charge in [-0.05, 0) is 24.2 Å². The van der Waals surface area contributed by atoms with Crippen molar-refractivity contribution in [2.45, 2.75) is 12.0 Å². The third-order valence-corrected chi connectivity index (χ3v) is 3.41. The molecular weight excluding hydrogens is 237 g/mol. The lowest BCUT2D eigenvalue weighted by molar-refractivity contribution is -0.145. The zero-order valence-electron chi connectivity index (χ0n) is 9.57. The van der Waals surface area contributed by atoms with E-state index in [2.05, 4.69) is 5.32 Å². The number of hydrogen-bond donors (Lipinski definition) is 2. The van der Waals surface area contributed by atoms with Crippen LogP contribution in [-0.4, -0.2) is 29.8 Å². The molecule has 2 N–H and O–H groups in total. The molecule has 18 heavy (non-hydrogen) atoms. The third-order valence-electron chi connectivity index (χ3n) is 3.41. The van der Waals surface area contributed by atoms with Crippen molar-refractivity contribution in [3.63, 3.8) is 0 Å². The number of ether oxygens (including phenoxy) is 1. The van der Waals surface area contributed by atoms with Crippen molar-refractivity contribution in [3.05, 3.63) is 41.4 Å². The van der Waals surface area contributed by atoms with Gasteiger partial charge >= 0.3 is 5.97 Å². The molecule has 5 heteroatoms. The van der Waals surface area contributed by atoms with E-state index < -0.39 is 11.6 Å². The second kappa shape index (κ2) is 3.81. The minimum Gasteiger partial charge on any atom is -0.507 e. The Kier molecular flexibility index (Phi) is 2.38. The summed E-state index contributed by atoms with van der Waals surface area (Å²) in [6, 6.07) is 5.43. The van der Waals surface area contributed by atoms with E-state index in [1.807, 2.05) is 0 Å². The summed E-state index contributed by atoms with van der Waals surface area (Å²) in [5.74, 6) is -0.991. The van der Waals surface area contributed by atoms with Gasteiger partial charge in [0.2, 0.25) is 0 Å². The van der Waals surface area contributed by atoms with E-state index in [0.717, 1.165) is 0 Å². The zero-order valence-corrected chi connectivity index (χ0v) is 9.57. The normalized spacial score (nSPS) is 27.1. The number of esters is 1. The molecule has 1 aromatic carbocycles. The Bertz CT molecular complexity index is 530. The fraction of sp³-hybridized carbons (Fsp3) is 0.308. The molecule has 0 saturated carbocycles. The summed E-state index contributed by atoms with van der Waals surface area (Å²) in [5, 5.41) is 13.3. The third kappa shape index (κ3) is 1.51. The van der Waals surface area contributed by atoms with Crippen molar-refractivity contribution in [1.29, 1.82) is 0 Å². The van der Waals surface area contributed by atoms with Gasteiger partial charge in [0.05, 0.1) is 0 Å². The lowest BCUT2D eigenvalue weighted by atomic mass is 9.96. The van der Waals surface area contributed by atoms with Gasteiger partial charge < -0.3 is 15.2 Å². The predicted molar refractivity (Wildman–Crippen MR) is 62.3 cm³/mol. The maximum atomic E-state index is 12.9. The van der Waals surface area contributed by atoms with Crippen molar-refractivity contribution in [1.82, 2.24) is 5.32 Å². The molecule has 0 radical (unpaired) electrons. The number of aliphatic hydroxyl groups excluding tert-OH is 1. The van der Waals surface area contributed by atoms with E-state index in [4.69, 9.17) is 4.74 Å². The second-order valence-electron chi connectivity index (χ2n) is 4.54. The summed E-state index contributed by atoms with van der Waals surface area (Å²) in [4.78, 5) is 11.9. The summed E-state index contributed by atoms with van der Waals surface area (Å²) < 4.78 is 18.2. The topological polar surface area (TPSA) is 58.6 Å². The summed E-state index contributed by atoms with van der Waals surface area (Å²) in [5.41, 5.74) is -0.317. The van der Waals surface area contributed by atoms with E-state index in [1.54, 1.807) is 0 Å². The number of carbonyl (C=O) groups excluding carboxylic acids is 1. The lowest BCUT2D eigenvalue weighted by Crippen LogP contribution is -2.34. The van der Waals surface area contributed by atoms with Crippen molar-refractivity contribution in [2.75, 3.05) is 13.1 Å². The van der Waals surface area contributed by atoms with Crippen LogP contribution in [0.15, 0.2) is 30.0 Å². The molecule has 0 aromatic heterocycles. The number of aliphatic hydroxyl groups is 1. The Morgan fingerprint density at radius 3 is 2.67 bits per heavy atom. The number of hydrogen-bond acceptors (Lipinski definition) is 4. The van der Waals surface area contributed by atoms with Crippen LogP contribution >= 0.6 is 0 Å². The molecule has 2 aliphatic heterocycles. The minimum atomic E-state index is -0.930. The molecule has 0 aliphatic carbocycles. The van der Waals surface area contributed by atoms with Gasteiger partial charge in [0.15, 0.2) is 11.4 Å². The molecule has 1 unspecified atom stereocenters. The fourth-order valence-corrected chi connectivity index (χ4v) is 2.43. The molecule has 1 aromatic rings. The molecule has 0 bridgehead atoms. The van der Waals surface area contributed by atoms with Crippen molar-refractivity contribution in [3.8, 4) is 0 Å². The summed E-state index contributed by atoms with van der Waals surface area (Å²) in [6.45, 7) is 1.10. The lowest BCUT2D eigenvalue weighted by Gasteiger charge is -2.20. The van der Waals surface area contributed by atoms with Crippen LogP contribution in [0.2, 0.25) is 0 Å². The Hall–Kier alpha value is -1.88. The summed E-state index contributed by atoms with van der Waals surface area (Å²) >= 11 is 0. The Labute approximate surface area is 103 Å². The van der Waals surface area contributed by atoms with Gasteiger partial charge in [-0.15, -0.1) is 0 Å². The van der Waals surface area contributed by atoms with Crippen LogP contribution in [-0.2, 0) is 9.53 Å². The Morgan fingerprint density at radius 2 is 2.06 bits per heavy atom. The molecule has 1 fully saturated rings. The first-order chi connectivity index (χ1) is 8.62. The monoisotopic (exact) mass is 249 g/mol. The minimum absolute atomic E-state index is 0.0518. The van der Waals surface area contributed by atoms with E-state index in [-0.39, 0.29) is 17.1 Å². The van der Waals surface area contributed by atoms with Crippen LogP contribution in [0.4, 0.5) is 4.39 Å². The molecule has 3 rings (SSSR count). The van der Waals surface area contributed by atoms with Crippen molar-refractivity contribution >= 4 is 11.5 Å². The van der Waals surface area contributed by atoms with Crippen molar-refractivity contribution in [2.24, 2.45) is 0 Å². The molecule has 2 heterocycles. The SMILES string of the molecule is O=C1OC2(CCNC2)C(O)=C1c1ccc(F)cc1. The van der Waals surface area contributed by atoms with Gasteiger partial charge in [0, 0.05) is 13.0 Å². The van der Waals surface area contributed by atoms with E-state index in [9.17, 15) is 14.3 Å². The Balaban J connectivity index is 2.07. The second-order valence-corrected chi connectivity index (χ2v) is 4.54. The van der Waals surface area contributed by atoms with Crippen LogP contribution in [0.25, 0.3) is 5.57 Å². The van der Waals surface area contributed by atoms with Crippen molar-refractivity contribution < 1.29 is 19.0 Å². The average molecular weight is 249 g/mol. The Morgan fingerprint density at radius 1 is 1.33 bits per heavy atom.